The van der Waals surface area contributed by atoms with Crippen LogP contribution in [0.3, 0.4) is 0 Å². The maximum absolute atomic E-state index is 12.9. The van der Waals surface area contributed by atoms with E-state index in [1.165, 1.54) is 0 Å². The first kappa shape index (κ1) is 21.5. The average molecular weight is 443 g/mol. The van der Waals surface area contributed by atoms with Gasteiger partial charge >= 0.3 is 0 Å². The molecule has 4 rings (SSSR count). The molecule has 1 aliphatic heterocycles. The molecule has 0 aliphatic carbocycles. The monoisotopic (exact) mass is 442 g/mol. The third kappa shape index (κ3) is 4.79. The molecule has 3 N–H and O–H groups in total. The van der Waals surface area contributed by atoms with E-state index in [0.717, 1.165) is 41.8 Å². The summed E-state index contributed by atoms with van der Waals surface area (Å²) in [5.41, 5.74) is 9.81. The van der Waals surface area contributed by atoms with Crippen molar-refractivity contribution >= 4 is 15.8 Å². The second-order valence-corrected chi connectivity index (χ2v) is 9.67. The smallest absolute Gasteiger partial charge is 0.240 e. The number of ether oxygens (including phenoxy) is 1. The Bertz CT molecular complexity index is 1180. The van der Waals surface area contributed by atoms with E-state index in [-0.39, 0.29) is 10.8 Å². The zero-order chi connectivity index (χ0) is 22.0. The van der Waals surface area contributed by atoms with Gasteiger partial charge in [-0.3, -0.25) is 0 Å². The molecule has 0 radical (unpaired) electrons. The van der Waals surface area contributed by atoms with Crippen molar-refractivity contribution < 1.29 is 17.7 Å². The molecule has 8 nitrogen and oxygen atoms in total. The highest BCUT2D eigenvalue weighted by atomic mass is 32.2. The number of nitrogens with zero attached hydrogens (tertiary/aromatic N) is 2. The average Bonchev–Trinajstić information content (AvgIpc) is 3.20. The lowest BCUT2D eigenvalue weighted by molar-refractivity contribution is 0.0568. The number of nitrogens with two attached hydrogens (primary N) is 1. The second-order valence-electron chi connectivity index (χ2n) is 7.90. The molecule has 31 heavy (non-hydrogen) atoms. The van der Waals surface area contributed by atoms with Crippen molar-refractivity contribution in [2.24, 2.45) is 5.92 Å². The Morgan fingerprint density at radius 3 is 2.74 bits per heavy atom. The van der Waals surface area contributed by atoms with Gasteiger partial charge in [-0.2, -0.15) is 0 Å². The van der Waals surface area contributed by atoms with Crippen molar-refractivity contribution in [3.8, 4) is 22.5 Å². The molecule has 0 saturated carbocycles. The number of rotatable bonds is 6. The first-order chi connectivity index (χ1) is 14.8. The molecule has 1 aromatic carbocycles. The molecule has 2 aromatic heterocycles. The molecule has 3 aromatic rings. The summed E-state index contributed by atoms with van der Waals surface area (Å²) in [4.78, 5) is 4.49. The largest absolute Gasteiger partial charge is 0.383 e. The van der Waals surface area contributed by atoms with Crippen LogP contribution in [0.4, 0.5) is 5.82 Å². The minimum absolute atomic E-state index is 0.197. The predicted octanol–water partition coefficient (Wildman–Crippen LogP) is 3.31. The maximum Gasteiger partial charge on any atom is 0.240 e. The van der Waals surface area contributed by atoms with Gasteiger partial charge in [0.05, 0.1) is 22.8 Å². The minimum atomic E-state index is -3.65. The topological polar surface area (TPSA) is 120 Å². The highest BCUT2D eigenvalue weighted by molar-refractivity contribution is 7.89. The molecular formula is C22H26N4O4S. The maximum atomic E-state index is 12.9. The number of aromatic nitrogens is 2. The van der Waals surface area contributed by atoms with Crippen molar-refractivity contribution in [3.05, 3.63) is 47.8 Å². The summed E-state index contributed by atoms with van der Waals surface area (Å²) in [6.45, 7) is 5.45. The van der Waals surface area contributed by atoms with Gasteiger partial charge in [0.25, 0.3) is 0 Å². The normalized spacial score (nSPS) is 17.0. The molecular weight excluding hydrogens is 416 g/mol. The molecule has 1 unspecified atom stereocenters. The number of benzene rings is 1. The lowest BCUT2D eigenvalue weighted by Gasteiger charge is -2.22. The molecule has 1 fully saturated rings. The number of sulfonamides is 1. The van der Waals surface area contributed by atoms with Crippen LogP contribution < -0.4 is 10.5 Å². The van der Waals surface area contributed by atoms with E-state index in [0.29, 0.717) is 30.3 Å². The van der Waals surface area contributed by atoms with Gasteiger partial charge in [0.2, 0.25) is 10.0 Å². The Labute approximate surface area is 181 Å². The van der Waals surface area contributed by atoms with Crippen LogP contribution in [0.1, 0.15) is 24.1 Å². The number of nitrogens with one attached hydrogen (secondary N) is 1. The van der Waals surface area contributed by atoms with E-state index in [9.17, 15) is 8.42 Å². The lowest BCUT2D eigenvalue weighted by Crippen LogP contribution is -2.33. The number of nitrogen functional groups attached to an aromatic ring is 1. The van der Waals surface area contributed by atoms with Crippen LogP contribution in [0.2, 0.25) is 0 Å². The second kappa shape index (κ2) is 8.78. The van der Waals surface area contributed by atoms with Crippen LogP contribution in [0.5, 0.6) is 0 Å². The van der Waals surface area contributed by atoms with Crippen molar-refractivity contribution in [3.63, 3.8) is 0 Å². The van der Waals surface area contributed by atoms with Gasteiger partial charge in [0.1, 0.15) is 5.82 Å². The lowest BCUT2D eigenvalue weighted by atomic mass is 10.00. The SMILES string of the molecule is Cc1cc(-c2cc(-c3cc(S(=O)(=O)NCC4CCCOC4)ccc3C)cnc2N)on1. The van der Waals surface area contributed by atoms with Gasteiger partial charge in [0, 0.05) is 31.0 Å². The van der Waals surface area contributed by atoms with Gasteiger partial charge in [-0.1, -0.05) is 11.2 Å². The fourth-order valence-corrected chi connectivity index (χ4v) is 4.81. The van der Waals surface area contributed by atoms with Crippen LogP contribution in [0.15, 0.2) is 45.9 Å². The Kier molecular flexibility index (Phi) is 6.08. The van der Waals surface area contributed by atoms with Gasteiger partial charge in [0.15, 0.2) is 5.76 Å². The highest BCUT2D eigenvalue weighted by Gasteiger charge is 2.21. The van der Waals surface area contributed by atoms with E-state index < -0.39 is 10.0 Å². The minimum Gasteiger partial charge on any atom is -0.383 e. The molecule has 1 aliphatic rings. The van der Waals surface area contributed by atoms with E-state index in [4.69, 9.17) is 15.0 Å². The zero-order valence-corrected chi connectivity index (χ0v) is 18.4. The number of anilines is 1. The zero-order valence-electron chi connectivity index (χ0n) is 17.6. The number of pyridine rings is 1. The molecule has 1 saturated heterocycles. The molecule has 1 atom stereocenters. The Morgan fingerprint density at radius 2 is 2.03 bits per heavy atom. The van der Waals surface area contributed by atoms with Crippen molar-refractivity contribution in [2.75, 3.05) is 25.5 Å². The van der Waals surface area contributed by atoms with Crippen molar-refractivity contribution in [1.29, 1.82) is 0 Å². The molecule has 0 spiro atoms. The first-order valence-corrected chi connectivity index (χ1v) is 11.7. The fraction of sp³-hybridized carbons (Fsp3) is 0.364. The van der Waals surface area contributed by atoms with Crippen LogP contribution in [0, 0.1) is 19.8 Å². The Hall–Kier alpha value is -2.75. The molecule has 0 amide bonds. The highest BCUT2D eigenvalue weighted by Crippen LogP contribution is 2.32. The summed E-state index contributed by atoms with van der Waals surface area (Å²) in [6.07, 6.45) is 3.55. The Morgan fingerprint density at radius 1 is 1.19 bits per heavy atom. The van der Waals surface area contributed by atoms with Crippen LogP contribution in [-0.2, 0) is 14.8 Å². The summed E-state index contributed by atoms with van der Waals surface area (Å²) in [5.74, 6) is 1.03. The summed E-state index contributed by atoms with van der Waals surface area (Å²) in [7, 11) is -3.65. The van der Waals surface area contributed by atoms with Crippen molar-refractivity contribution in [2.45, 2.75) is 31.6 Å². The Balaban J connectivity index is 1.63. The predicted molar refractivity (Wildman–Crippen MR) is 118 cm³/mol. The van der Waals surface area contributed by atoms with E-state index in [1.807, 2.05) is 19.9 Å². The molecule has 0 bridgehead atoms. The summed E-state index contributed by atoms with van der Waals surface area (Å²) in [5, 5.41) is 3.90. The molecule has 9 heteroatoms. The van der Waals surface area contributed by atoms with Crippen molar-refractivity contribution in [1.82, 2.24) is 14.9 Å². The standard InChI is InChI=1S/C22H26N4O4S/c1-14-5-6-18(31(27,28)25-11-16-4-3-7-29-13-16)10-19(14)17-9-20(22(23)24-12-17)21-8-15(2)26-30-21/h5-6,8-10,12,16,25H,3-4,7,11,13H2,1-2H3,(H2,23,24). The number of aryl methyl sites for hydroxylation is 2. The van der Waals surface area contributed by atoms with Gasteiger partial charge in [-0.25, -0.2) is 18.1 Å². The number of hydrogen-bond acceptors (Lipinski definition) is 7. The quantitative estimate of drug-likeness (QED) is 0.601. The summed E-state index contributed by atoms with van der Waals surface area (Å²) in [6, 6.07) is 8.70. The van der Waals surface area contributed by atoms with Gasteiger partial charge < -0.3 is 15.0 Å². The summed E-state index contributed by atoms with van der Waals surface area (Å²) >= 11 is 0. The van der Waals surface area contributed by atoms with E-state index >= 15 is 0 Å². The van der Waals surface area contributed by atoms with Crippen LogP contribution in [-0.4, -0.2) is 38.3 Å². The van der Waals surface area contributed by atoms with E-state index in [1.54, 1.807) is 30.5 Å². The van der Waals surface area contributed by atoms with Crippen LogP contribution in [0.25, 0.3) is 22.5 Å². The fourth-order valence-electron chi connectivity index (χ4n) is 3.67. The third-order valence-corrected chi connectivity index (χ3v) is 6.88. The molecule has 164 valence electrons. The van der Waals surface area contributed by atoms with E-state index in [2.05, 4.69) is 14.9 Å². The first-order valence-electron chi connectivity index (χ1n) is 10.2. The number of hydrogen-bond donors (Lipinski definition) is 2. The third-order valence-electron chi connectivity index (χ3n) is 5.46. The summed E-state index contributed by atoms with van der Waals surface area (Å²) < 4.78 is 39.3. The van der Waals surface area contributed by atoms with Crippen LogP contribution >= 0.6 is 0 Å². The van der Waals surface area contributed by atoms with Gasteiger partial charge in [-0.15, -0.1) is 0 Å². The molecule has 3 heterocycles. The van der Waals surface area contributed by atoms with Gasteiger partial charge in [-0.05, 0) is 61.9 Å².